The molecule has 1 aromatic rings. The molecule has 0 aliphatic carbocycles. The Morgan fingerprint density at radius 3 is 2.55 bits per heavy atom. The van der Waals surface area contributed by atoms with E-state index in [4.69, 9.17) is 9.47 Å². The van der Waals surface area contributed by atoms with Crippen LogP contribution in [0.1, 0.15) is 25.3 Å². The van der Waals surface area contributed by atoms with E-state index < -0.39 is 28.7 Å². The zero-order chi connectivity index (χ0) is 21.7. The number of benzene rings is 1. The summed E-state index contributed by atoms with van der Waals surface area (Å²) < 4.78 is 10.3. The van der Waals surface area contributed by atoms with Crippen molar-refractivity contribution in [2.45, 2.75) is 19.8 Å². The average molecular weight is 403 g/mol. The number of likely N-dealkylation sites (N-methyl/N-ethyl adjacent to an activating group) is 1. The van der Waals surface area contributed by atoms with Crippen molar-refractivity contribution in [3.63, 3.8) is 0 Å². The van der Waals surface area contributed by atoms with Gasteiger partial charge >= 0.3 is 11.9 Å². The van der Waals surface area contributed by atoms with Crippen LogP contribution in [-0.2, 0) is 19.1 Å². The van der Waals surface area contributed by atoms with Gasteiger partial charge in [0.15, 0.2) is 0 Å². The fourth-order valence-corrected chi connectivity index (χ4v) is 3.33. The molecule has 0 saturated carbocycles. The topological polar surface area (TPSA) is 111 Å². The molecule has 0 fully saturated rings. The molecular formula is C20H25N3O6. The van der Waals surface area contributed by atoms with E-state index in [-0.39, 0.29) is 17.9 Å². The Hall–Kier alpha value is -3.07. The number of esters is 2. The van der Waals surface area contributed by atoms with Crippen molar-refractivity contribution in [2.24, 2.45) is 10.9 Å². The first-order valence-electron chi connectivity index (χ1n) is 9.07. The Kier molecular flexibility index (Phi) is 7.22. The van der Waals surface area contributed by atoms with Crippen molar-refractivity contribution in [3.8, 4) is 0 Å². The summed E-state index contributed by atoms with van der Waals surface area (Å²) in [6, 6.07) is 5.88. The lowest BCUT2D eigenvalue weighted by Crippen LogP contribution is -2.36. The molecule has 0 bridgehead atoms. The second kappa shape index (κ2) is 9.42. The predicted octanol–water partition coefficient (Wildman–Crippen LogP) is 2.32. The van der Waals surface area contributed by atoms with E-state index in [1.54, 1.807) is 19.9 Å². The number of carbonyl (C=O) groups excluding carboxylic acids is 2. The smallest absolute Gasteiger partial charge is 0.336 e. The van der Waals surface area contributed by atoms with Crippen LogP contribution in [0.3, 0.4) is 0 Å². The summed E-state index contributed by atoms with van der Waals surface area (Å²) in [4.78, 5) is 42.4. The summed E-state index contributed by atoms with van der Waals surface area (Å²) in [6.07, 6.45) is 0. The molecule has 9 nitrogen and oxygen atoms in total. The average Bonchev–Trinajstić information content (AvgIpc) is 2.66. The van der Waals surface area contributed by atoms with Crippen LogP contribution in [0, 0.1) is 16.0 Å². The molecule has 0 amide bonds. The van der Waals surface area contributed by atoms with E-state index in [1.165, 1.54) is 25.3 Å². The van der Waals surface area contributed by atoms with Gasteiger partial charge in [0.1, 0.15) is 12.5 Å². The van der Waals surface area contributed by atoms with Crippen LogP contribution in [-0.4, -0.2) is 61.8 Å². The van der Waals surface area contributed by atoms with E-state index in [0.717, 1.165) is 0 Å². The second-order valence-corrected chi connectivity index (χ2v) is 7.02. The molecule has 156 valence electrons. The minimum absolute atomic E-state index is 0.135. The van der Waals surface area contributed by atoms with Crippen molar-refractivity contribution in [1.29, 1.82) is 0 Å². The normalized spacial score (nSPS) is 19.0. The highest BCUT2D eigenvalue weighted by atomic mass is 16.6. The monoisotopic (exact) mass is 403 g/mol. The number of carbonyl (C=O) groups is 2. The molecule has 0 aromatic heterocycles. The highest BCUT2D eigenvalue weighted by molar-refractivity contribution is 6.07. The minimum atomic E-state index is -0.887. The standard InChI is InChI=1S/C20H25N3O6/c1-12-16(19(24)28-5)18(14-7-6-8-15(11-14)23(26)27)17(13(2)21-12)20(25)29-10-9-22(3)4/h6-8,11,16,18H,9-10H2,1-5H3. The highest BCUT2D eigenvalue weighted by Gasteiger charge is 2.42. The number of nitro benzene ring substituents is 1. The number of nitro groups is 1. The summed E-state index contributed by atoms with van der Waals surface area (Å²) in [7, 11) is 4.96. The van der Waals surface area contributed by atoms with Crippen LogP contribution in [0.15, 0.2) is 40.5 Å². The lowest BCUT2D eigenvalue weighted by Gasteiger charge is -2.31. The zero-order valence-electron chi connectivity index (χ0n) is 17.2. The molecule has 0 saturated heterocycles. The summed E-state index contributed by atoms with van der Waals surface area (Å²) >= 11 is 0. The molecule has 2 unspecified atom stereocenters. The van der Waals surface area contributed by atoms with Crippen LogP contribution in [0.4, 0.5) is 5.69 Å². The van der Waals surface area contributed by atoms with Gasteiger partial charge in [-0.25, -0.2) is 4.79 Å². The Labute approximate surface area is 169 Å². The quantitative estimate of drug-likeness (QED) is 0.390. The zero-order valence-corrected chi connectivity index (χ0v) is 17.2. The van der Waals surface area contributed by atoms with Crippen molar-refractivity contribution in [3.05, 3.63) is 51.2 Å². The van der Waals surface area contributed by atoms with Crippen molar-refractivity contribution < 1.29 is 24.0 Å². The molecule has 2 rings (SSSR count). The molecule has 9 heteroatoms. The lowest BCUT2D eigenvalue weighted by atomic mass is 9.75. The maximum atomic E-state index is 12.9. The number of aliphatic imine (C=N–C) groups is 1. The summed E-state index contributed by atoms with van der Waals surface area (Å²) in [6.45, 7) is 4.02. The van der Waals surface area contributed by atoms with Gasteiger partial charge < -0.3 is 14.4 Å². The molecule has 0 spiro atoms. The van der Waals surface area contributed by atoms with Crippen molar-refractivity contribution in [2.75, 3.05) is 34.4 Å². The first kappa shape index (κ1) is 22.2. The van der Waals surface area contributed by atoms with Gasteiger partial charge in [0.25, 0.3) is 5.69 Å². The van der Waals surface area contributed by atoms with Gasteiger partial charge in [-0.2, -0.15) is 0 Å². The number of ether oxygens (including phenoxy) is 2. The number of non-ortho nitro benzene ring substituents is 1. The highest BCUT2D eigenvalue weighted by Crippen LogP contribution is 2.40. The predicted molar refractivity (Wildman–Crippen MR) is 107 cm³/mol. The number of rotatable bonds is 7. The van der Waals surface area contributed by atoms with Gasteiger partial charge in [0, 0.05) is 36.0 Å². The van der Waals surface area contributed by atoms with E-state index in [0.29, 0.717) is 23.5 Å². The largest absolute Gasteiger partial charge is 0.468 e. The first-order chi connectivity index (χ1) is 13.7. The number of hydrogen-bond acceptors (Lipinski definition) is 8. The molecule has 1 aliphatic heterocycles. The van der Waals surface area contributed by atoms with Gasteiger partial charge in [-0.05, 0) is 33.5 Å². The van der Waals surface area contributed by atoms with Crippen LogP contribution in [0.25, 0.3) is 0 Å². The van der Waals surface area contributed by atoms with E-state index in [9.17, 15) is 19.7 Å². The number of nitrogens with zero attached hydrogens (tertiary/aromatic N) is 3. The molecule has 1 heterocycles. The van der Waals surface area contributed by atoms with Crippen molar-refractivity contribution >= 4 is 23.3 Å². The first-order valence-corrected chi connectivity index (χ1v) is 9.07. The third-order valence-electron chi connectivity index (χ3n) is 4.72. The number of hydrogen-bond donors (Lipinski definition) is 0. The van der Waals surface area contributed by atoms with Gasteiger partial charge in [0.05, 0.1) is 17.6 Å². The fourth-order valence-electron chi connectivity index (χ4n) is 3.33. The maximum Gasteiger partial charge on any atom is 0.336 e. The van der Waals surface area contributed by atoms with Crippen LogP contribution in [0.5, 0.6) is 0 Å². The summed E-state index contributed by atoms with van der Waals surface area (Å²) in [5.41, 5.74) is 1.39. The molecule has 1 aliphatic rings. The summed E-state index contributed by atoms with van der Waals surface area (Å²) in [5.74, 6) is -2.87. The summed E-state index contributed by atoms with van der Waals surface area (Å²) in [5, 5.41) is 11.2. The van der Waals surface area contributed by atoms with Crippen molar-refractivity contribution in [1.82, 2.24) is 4.90 Å². The number of allylic oxidation sites excluding steroid dienone is 1. The van der Waals surface area contributed by atoms with Crippen LogP contribution < -0.4 is 0 Å². The van der Waals surface area contributed by atoms with Crippen LogP contribution in [0.2, 0.25) is 0 Å². The SMILES string of the molecule is COC(=O)C1C(C)=NC(C)=C(C(=O)OCCN(C)C)C1c1cccc([N+](=O)[O-])c1. The maximum absolute atomic E-state index is 12.9. The lowest BCUT2D eigenvalue weighted by molar-refractivity contribution is -0.384. The molecular weight excluding hydrogens is 378 g/mol. The molecule has 2 atom stereocenters. The third-order valence-corrected chi connectivity index (χ3v) is 4.72. The van der Waals surface area contributed by atoms with E-state index in [1.807, 2.05) is 19.0 Å². The second-order valence-electron chi connectivity index (χ2n) is 7.02. The third kappa shape index (κ3) is 5.05. The molecule has 29 heavy (non-hydrogen) atoms. The Morgan fingerprint density at radius 1 is 1.28 bits per heavy atom. The fraction of sp³-hybridized carbons (Fsp3) is 0.450. The molecule has 0 radical (unpaired) electrons. The van der Waals surface area contributed by atoms with Crippen LogP contribution >= 0.6 is 0 Å². The minimum Gasteiger partial charge on any atom is -0.468 e. The number of methoxy groups -OCH3 is 1. The van der Waals surface area contributed by atoms with Gasteiger partial charge in [-0.1, -0.05) is 12.1 Å². The van der Waals surface area contributed by atoms with Gasteiger partial charge in [0.2, 0.25) is 0 Å². The van der Waals surface area contributed by atoms with E-state index >= 15 is 0 Å². The van der Waals surface area contributed by atoms with Gasteiger partial charge in [-0.3, -0.25) is 19.9 Å². The Morgan fingerprint density at radius 2 is 1.97 bits per heavy atom. The van der Waals surface area contributed by atoms with Gasteiger partial charge in [-0.15, -0.1) is 0 Å². The van der Waals surface area contributed by atoms with E-state index in [2.05, 4.69) is 4.99 Å². The Balaban J connectivity index is 2.55. The Bertz CT molecular complexity index is 875. The molecule has 0 N–H and O–H groups in total. The molecule has 1 aromatic carbocycles.